The number of hydrogen-bond acceptors (Lipinski definition) is 4. The number of aryl methyl sites for hydroxylation is 1. The molecule has 2 N–H and O–H groups in total. The lowest BCUT2D eigenvalue weighted by atomic mass is 9.88. The van der Waals surface area contributed by atoms with E-state index in [-0.39, 0.29) is 18.0 Å². The normalized spacial score (nSPS) is 18.1. The second kappa shape index (κ2) is 10.5. The van der Waals surface area contributed by atoms with Crippen molar-refractivity contribution in [1.29, 1.82) is 0 Å². The highest BCUT2D eigenvalue weighted by molar-refractivity contribution is 6.06. The molecule has 1 unspecified atom stereocenters. The van der Waals surface area contributed by atoms with E-state index in [4.69, 9.17) is 0 Å². The van der Waals surface area contributed by atoms with Crippen LogP contribution in [0.4, 0.5) is 24.5 Å². The molecule has 196 valence electrons. The summed E-state index contributed by atoms with van der Waals surface area (Å²) in [6.45, 7) is 0.217. The largest absolute Gasteiger partial charge is 0.416 e. The van der Waals surface area contributed by atoms with Gasteiger partial charge in [-0.3, -0.25) is 9.59 Å². The van der Waals surface area contributed by atoms with Crippen LogP contribution in [0.25, 0.3) is 5.57 Å². The van der Waals surface area contributed by atoms with E-state index in [1.165, 1.54) is 12.1 Å². The summed E-state index contributed by atoms with van der Waals surface area (Å²) >= 11 is 0. The Morgan fingerprint density at radius 3 is 2.58 bits per heavy atom. The molecular weight excluding hydrogens is 493 g/mol. The van der Waals surface area contributed by atoms with Crippen LogP contribution in [-0.2, 0) is 23.8 Å². The van der Waals surface area contributed by atoms with Crippen molar-refractivity contribution in [2.45, 2.75) is 38.0 Å². The molecule has 5 nitrogen and oxygen atoms in total. The van der Waals surface area contributed by atoms with E-state index in [9.17, 15) is 27.9 Å². The SMILES string of the molecule is O=C(/C=C1\CCN(CC(=O)c2ccccc2)c2cc(C(F)(F)F)ccc21)Nc1cccc2c1CC(O)CC2. The first-order valence-electron chi connectivity index (χ1n) is 12.5. The first kappa shape index (κ1) is 25.7. The molecular formula is C30H27F3N2O3. The summed E-state index contributed by atoms with van der Waals surface area (Å²) in [5.41, 5.74) is 3.65. The van der Waals surface area contributed by atoms with Gasteiger partial charge in [0.2, 0.25) is 5.91 Å². The highest BCUT2D eigenvalue weighted by Crippen LogP contribution is 2.39. The van der Waals surface area contributed by atoms with Gasteiger partial charge in [-0.25, -0.2) is 0 Å². The number of nitrogens with one attached hydrogen (secondary N) is 1. The van der Waals surface area contributed by atoms with Gasteiger partial charge in [-0.2, -0.15) is 13.2 Å². The Hall–Kier alpha value is -3.91. The molecule has 1 aliphatic heterocycles. The Morgan fingerprint density at radius 2 is 1.82 bits per heavy atom. The first-order chi connectivity index (χ1) is 18.2. The number of aliphatic hydroxyl groups excluding tert-OH is 1. The van der Waals surface area contributed by atoms with E-state index in [0.717, 1.165) is 29.7 Å². The topological polar surface area (TPSA) is 69.6 Å². The Balaban J connectivity index is 1.43. The van der Waals surface area contributed by atoms with Gasteiger partial charge in [-0.05, 0) is 54.2 Å². The average Bonchev–Trinajstić information content (AvgIpc) is 2.90. The minimum absolute atomic E-state index is 0.0731. The van der Waals surface area contributed by atoms with E-state index < -0.39 is 23.8 Å². The Morgan fingerprint density at radius 1 is 1.03 bits per heavy atom. The fraction of sp³-hybridized carbons (Fsp3) is 0.267. The Bertz CT molecular complexity index is 1400. The zero-order valence-corrected chi connectivity index (χ0v) is 20.6. The number of alkyl halides is 3. The summed E-state index contributed by atoms with van der Waals surface area (Å²) in [5, 5.41) is 13.0. The monoisotopic (exact) mass is 520 g/mol. The van der Waals surface area contributed by atoms with E-state index in [2.05, 4.69) is 5.32 Å². The molecule has 1 amide bonds. The number of rotatable bonds is 5. The molecule has 0 bridgehead atoms. The number of nitrogens with zero attached hydrogens (tertiary/aromatic N) is 1. The maximum Gasteiger partial charge on any atom is 0.416 e. The number of amides is 1. The van der Waals surface area contributed by atoms with Crippen LogP contribution < -0.4 is 10.2 Å². The molecule has 3 aromatic rings. The van der Waals surface area contributed by atoms with Crippen LogP contribution in [0.1, 0.15) is 45.5 Å². The van der Waals surface area contributed by atoms with Crippen molar-refractivity contribution >= 4 is 28.6 Å². The van der Waals surface area contributed by atoms with Crippen LogP contribution in [-0.4, -0.2) is 36.0 Å². The fourth-order valence-corrected chi connectivity index (χ4v) is 5.17. The quantitative estimate of drug-likeness (QED) is 0.336. The number of anilines is 2. The number of aliphatic hydroxyl groups is 1. The van der Waals surface area contributed by atoms with Crippen LogP contribution in [0, 0.1) is 0 Å². The van der Waals surface area contributed by atoms with Crippen molar-refractivity contribution in [2.24, 2.45) is 0 Å². The first-order valence-corrected chi connectivity index (χ1v) is 12.5. The number of hydrogen-bond donors (Lipinski definition) is 2. The van der Waals surface area contributed by atoms with Gasteiger partial charge in [0.05, 0.1) is 18.2 Å². The lowest BCUT2D eigenvalue weighted by molar-refractivity contribution is -0.137. The number of carbonyl (C=O) groups is 2. The Labute approximate surface area is 218 Å². The van der Waals surface area contributed by atoms with E-state index >= 15 is 0 Å². The summed E-state index contributed by atoms with van der Waals surface area (Å²) in [6, 6.07) is 17.7. The zero-order valence-electron chi connectivity index (χ0n) is 20.6. The van der Waals surface area contributed by atoms with Gasteiger partial charge >= 0.3 is 6.18 Å². The van der Waals surface area contributed by atoms with Crippen LogP contribution in [0.3, 0.4) is 0 Å². The predicted molar refractivity (Wildman–Crippen MR) is 140 cm³/mol. The third kappa shape index (κ3) is 5.50. The van der Waals surface area contributed by atoms with Crippen LogP contribution >= 0.6 is 0 Å². The summed E-state index contributed by atoms with van der Waals surface area (Å²) < 4.78 is 40.6. The molecule has 0 fully saturated rings. The van der Waals surface area contributed by atoms with Crippen LogP contribution in [0.5, 0.6) is 0 Å². The van der Waals surface area contributed by atoms with Gasteiger partial charge in [0.1, 0.15) is 0 Å². The number of benzene rings is 3. The predicted octanol–water partition coefficient (Wildman–Crippen LogP) is 5.67. The lowest BCUT2D eigenvalue weighted by Gasteiger charge is -2.33. The molecule has 8 heteroatoms. The average molecular weight is 521 g/mol. The van der Waals surface area contributed by atoms with Crippen LogP contribution in [0.15, 0.2) is 72.8 Å². The minimum atomic E-state index is -4.54. The van der Waals surface area contributed by atoms with Gasteiger partial charge in [0, 0.05) is 41.5 Å². The third-order valence-corrected chi connectivity index (χ3v) is 7.12. The second-order valence-electron chi connectivity index (χ2n) is 9.69. The highest BCUT2D eigenvalue weighted by atomic mass is 19.4. The molecule has 1 heterocycles. The van der Waals surface area contributed by atoms with E-state index in [1.807, 2.05) is 12.1 Å². The van der Waals surface area contributed by atoms with Crippen molar-refractivity contribution in [3.63, 3.8) is 0 Å². The summed E-state index contributed by atoms with van der Waals surface area (Å²) in [7, 11) is 0. The molecule has 5 rings (SSSR count). The lowest BCUT2D eigenvalue weighted by Crippen LogP contribution is -2.34. The minimum Gasteiger partial charge on any atom is -0.393 e. The number of Topliss-reactive ketones (excluding diaryl/α,β-unsaturated/α-hetero) is 1. The molecule has 3 aromatic carbocycles. The molecule has 0 saturated heterocycles. The van der Waals surface area contributed by atoms with Crippen LogP contribution in [0.2, 0.25) is 0 Å². The third-order valence-electron chi connectivity index (χ3n) is 7.12. The van der Waals surface area contributed by atoms with Gasteiger partial charge in [-0.1, -0.05) is 48.5 Å². The number of halogens is 3. The maximum absolute atomic E-state index is 13.5. The molecule has 1 aliphatic carbocycles. The van der Waals surface area contributed by atoms with Gasteiger partial charge in [0.25, 0.3) is 0 Å². The summed E-state index contributed by atoms with van der Waals surface area (Å²) in [4.78, 5) is 27.5. The molecule has 0 aromatic heterocycles. The summed E-state index contributed by atoms with van der Waals surface area (Å²) in [6.07, 6.45) is -1.34. The smallest absolute Gasteiger partial charge is 0.393 e. The van der Waals surface area contributed by atoms with Crippen molar-refractivity contribution in [2.75, 3.05) is 23.3 Å². The van der Waals surface area contributed by atoms with Crippen molar-refractivity contribution in [1.82, 2.24) is 0 Å². The van der Waals surface area contributed by atoms with Gasteiger partial charge < -0.3 is 15.3 Å². The van der Waals surface area contributed by atoms with Crippen molar-refractivity contribution in [3.05, 3.63) is 101 Å². The maximum atomic E-state index is 13.5. The molecule has 0 radical (unpaired) electrons. The van der Waals surface area contributed by atoms with Crippen molar-refractivity contribution in [3.8, 4) is 0 Å². The molecule has 38 heavy (non-hydrogen) atoms. The molecule has 0 saturated carbocycles. The fourth-order valence-electron chi connectivity index (χ4n) is 5.17. The zero-order chi connectivity index (χ0) is 26.9. The summed E-state index contributed by atoms with van der Waals surface area (Å²) in [5.74, 6) is -0.594. The Kier molecular flexibility index (Phi) is 7.08. The molecule has 2 aliphatic rings. The van der Waals surface area contributed by atoms with Gasteiger partial charge in [-0.15, -0.1) is 0 Å². The number of ketones is 1. The number of carbonyl (C=O) groups excluding carboxylic acids is 2. The van der Waals surface area contributed by atoms with E-state index in [1.54, 1.807) is 41.3 Å². The number of fused-ring (bicyclic) bond motifs is 2. The van der Waals surface area contributed by atoms with Gasteiger partial charge in [0.15, 0.2) is 5.78 Å². The molecule has 0 spiro atoms. The second-order valence-corrected chi connectivity index (χ2v) is 9.69. The highest BCUT2D eigenvalue weighted by Gasteiger charge is 2.33. The van der Waals surface area contributed by atoms with E-state index in [0.29, 0.717) is 48.2 Å². The molecule has 1 atom stereocenters. The van der Waals surface area contributed by atoms with Crippen molar-refractivity contribution < 1.29 is 27.9 Å². The standard InChI is InChI=1S/C30H27F3N2O3/c31-30(32,33)22-10-12-24-21(13-14-35(27(24)16-22)18-28(37)20-5-2-1-3-6-20)15-29(38)34-26-8-4-7-19-9-11-23(36)17-25(19)26/h1-8,10,12,15-16,23,36H,9,11,13-14,17-18H2,(H,34,38)/b21-15+.